The average molecular weight is 264 g/mol. The fourth-order valence-corrected chi connectivity index (χ4v) is 1.89. The summed E-state index contributed by atoms with van der Waals surface area (Å²) in [4.78, 5) is 11.2. The number of halogens is 3. The summed E-state index contributed by atoms with van der Waals surface area (Å²) in [6.07, 6.45) is -3.63. The normalized spacial score (nSPS) is 13.0. The molecule has 0 aliphatic rings. The van der Waals surface area contributed by atoms with E-state index in [2.05, 4.69) is 0 Å². The number of rotatable bonds is 3. The van der Waals surface area contributed by atoms with Gasteiger partial charge >= 0.3 is 6.18 Å². The van der Waals surface area contributed by atoms with E-state index < -0.39 is 17.7 Å². The molecule has 1 atom stereocenters. The molecule has 0 saturated carbocycles. The van der Waals surface area contributed by atoms with Gasteiger partial charge in [-0.3, -0.25) is 0 Å². The summed E-state index contributed by atoms with van der Waals surface area (Å²) in [5.74, 6) is -0.538. The zero-order valence-electron chi connectivity index (χ0n) is 9.89. The van der Waals surface area contributed by atoms with Crippen LogP contribution in [-0.2, 0) is 11.0 Å². The Morgan fingerprint density at radius 3 is 1.84 bits per heavy atom. The molecule has 0 aliphatic heterocycles. The Labute approximate surface area is 108 Å². The van der Waals surface area contributed by atoms with Gasteiger partial charge in [0.15, 0.2) is 0 Å². The summed E-state index contributed by atoms with van der Waals surface area (Å²) in [6, 6.07) is 13.6. The number of aldehydes is 1. The van der Waals surface area contributed by atoms with Crippen molar-refractivity contribution in [3.63, 3.8) is 0 Å². The number of carbonyl (C=O) groups is 1. The molecule has 0 fully saturated rings. The fourth-order valence-electron chi connectivity index (χ4n) is 1.89. The zero-order valence-corrected chi connectivity index (χ0v) is 9.89. The number of hydrogen-bond acceptors (Lipinski definition) is 1. The van der Waals surface area contributed by atoms with Gasteiger partial charge in [-0.25, -0.2) is 0 Å². The lowest BCUT2D eigenvalue weighted by molar-refractivity contribution is -0.137. The quantitative estimate of drug-likeness (QED) is 0.765. The van der Waals surface area contributed by atoms with Gasteiger partial charge in [0.1, 0.15) is 6.29 Å². The molecule has 0 radical (unpaired) electrons. The molecule has 0 spiro atoms. The molecule has 0 aliphatic carbocycles. The molecule has 19 heavy (non-hydrogen) atoms. The minimum Gasteiger partial charge on any atom is -0.302 e. The second kappa shape index (κ2) is 5.26. The van der Waals surface area contributed by atoms with Gasteiger partial charge in [-0.05, 0) is 23.3 Å². The Morgan fingerprint density at radius 1 is 0.842 bits per heavy atom. The van der Waals surface area contributed by atoms with Gasteiger partial charge in [0, 0.05) is 0 Å². The smallest absolute Gasteiger partial charge is 0.302 e. The Bertz CT molecular complexity index is 544. The highest BCUT2D eigenvalue weighted by atomic mass is 19.4. The van der Waals surface area contributed by atoms with Crippen LogP contribution in [0.25, 0.3) is 0 Å². The SMILES string of the molecule is O=CC(c1ccccc1)c1ccc(C(F)(F)F)cc1. The Morgan fingerprint density at radius 2 is 1.37 bits per heavy atom. The molecule has 0 saturated heterocycles. The summed E-state index contributed by atoms with van der Waals surface area (Å²) in [7, 11) is 0. The first-order chi connectivity index (χ1) is 9.02. The Hall–Kier alpha value is -2.10. The van der Waals surface area contributed by atoms with Gasteiger partial charge in [0.2, 0.25) is 0 Å². The first kappa shape index (κ1) is 13.3. The minimum absolute atomic E-state index is 0.538. The predicted octanol–water partition coefficient (Wildman–Crippen LogP) is 4.04. The fraction of sp³-hybridized carbons (Fsp3) is 0.133. The maximum atomic E-state index is 12.5. The Kier molecular flexibility index (Phi) is 3.69. The molecule has 98 valence electrons. The number of alkyl halides is 3. The molecule has 0 heterocycles. The highest BCUT2D eigenvalue weighted by Crippen LogP contribution is 2.31. The van der Waals surface area contributed by atoms with Gasteiger partial charge in [-0.2, -0.15) is 13.2 Å². The van der Waals surface area contributed by atoms with Crippen molar-refractivity contribution < 1.29 is 18.0 Å². The van der Waals surface area contributed by atoms with Crippen LogP contribution in [0.15, 0.2) is 54.6 Å². The Balaban J connectivity index is 2.33. The van der Waals surface area contributed by atoms with Crippen molar-refractivity contribution in [1.29, 1.82) is 0 Å². The monoisotopic (exact) mass is 264 g/mol. The van der Waals surface area contributed by atoms with Crippen LogP contribution >= 0.6 is 0 Å². The second-order valence-corrected chi connectivity index (χ2v) is 4.14. The van der Waals surface area contributed by atoms with Crippen LogP contribution < -0.4 is 0 Å². The summed E-state index contributed by atoms with van der Waals surface area (Å²) in [5.41, 5.74) is 0.598. The minimum atomic E-state index is -4.36. The molecule has 0 bridgehead atoms. The van der Waals surface area contributed by atoms with Gasteiger partial charge in [-0.15, -0.1) is 0 Å². The van der Waals surface area contributed by atoms with E-state index in [1.807, 2.05) is 6.07 Å². The van der Waals surface area contributed by atoms with Crippen molar-refractivity contribution in [1.82, 2.24) is 0 Å². The van der Waals surface area contributed by atoms with E-state index in [9.17, 15) is 18.0 Å². The summed E-state index contributed by atoms with van der Waals surface area (Å²) in [5, 5.41) is 0. The van der Waals surface area contributed by atoms with Crippen molar-refractivity contribution in [2.75, 3.05) is 0 Å². The van der Waals surface area contributed by atoms with Crippen molar-refractivity contribution in [2.24, 2.45) is 0 Å². The first-order valence-electron chi connectivity index (χ1n) is 5.70. The van der Waals surface area contributed by atoms with Gasteiger partial charge in [0.25, 0.3) is 0 Å². The zero-order chi connectivity index (χ0) is 13.9. The standard InChI is InChI=1S/C15H11F3O/c16-15(17,18)13-8-6-12(7-9-13)14(10-19)11-4-2-1-3-5-11/h1-10,14H. The van der Waals surface area contributed by atoms with Gasteiger partial charge in [0.05, 0.1) is 11.5 Å². The number of hydrogen-bond donors (Lipinski definition) is 0. The molecule has 4 heteroatoms. The van der Waals surface area contributed by atoms with Gasteiger partial charge in [-0.1, -0.05) is 42.5 Å². The van der Waals surface area contributed by atoms with Crippen LogP contribution in [0.3, 0.4) is 0 Å². The van der Waals surface area contributed by atoms with Crippen LogP contribution in [0.1, 0.15) is 22.6 Å². The van der Waals surface area contributed by atoms with Crippen molar-refractivity contribution in [2.45, 2.75) is 12.1 Å². The van der Waals surface area contributed by atoms with Crippen LogP contribution in [-0.4, -0.2) is 6.29 Å². The van der Waals surface area contributed by atoms with E-state index >= 15 is 0 Å². The molecular formula is C15H11F3O. The third kappa shape index (κ3) is 3.02. The lowest BCUT2D eigenvalue weighted by Gasteiger charge is -2.12. The highest BCUT2D eigenvalue weighted by molar-refractivity contribution is 5.68. The molecule has 1 nitrogen and oxygen atoms in total. The van der Waals surface area contributed by atoms with Crippen LogP contribution in [0, 0.1) is 0 Å². The topological polar surface area (TPSA) is 17.1 Å². The van der Waals surface area contributed by atoms with Crippen LogP contribution in [0.5, 0.6) is 0 Å². The highest BCUT2D eigenvalue weighted by Gasteiger charge is 2.30. The summed E-state index contributed by atoms with van der Waals surface area (Å²) < 4.78 is 37.4. The lowest BCUT2D eigenvalue weighted by Crippen LogP contribution is -2.06. The molecule has 2 rings (SSSR count). The molecule has 0 N–H and O–H groups in total. The molecule has 1 unspecified atom stereocenters. The van der Waals surface area contributed by atoms with E-state index in [0.717, 1.165) is 24.0 Å². The second-order valence-electron chi connectivity index (χ2n) is 4.14. The molecule has 0 amide bonds. The van der Waals surface area contributed by atoms with Gasteiger partial charge < -0.3 is 4.79 Å². The van der Waals surface area contributed by atoms with E-state index in [0.29, 0.717) is 5.56 Å². The maximum absolute atomic E-state index is 12.5. The third-order valence-corrected chi connectivity index (χ3v) is 2.89. The average Bonchev–Trinajstić information content (AvgIpc) is 2.40. The third-order valence-electron chi connectivity index (χ3n) is 2.89. The number of carbonyl (C=O) groups excluding carboxylic acids is 1. The van der Waals surface area contributed by atoms with Crippen molar-refractivity contribution in [3.8, 4) is 0 Å². The molecule has 2 aromatic rings. The van der Waals surface area contributed by atoms with E-state index in [4.69, 9.17) is 0 Å². The number of benzene rings is 2. The largest absolute Gasteiger partial charge is 0.416 e. The first-order valence-corrected chi connectivity index (χ1v) is 5.70. The van der Waals surface area contributed by atoms with Crippen molar-refractivity contribution >= 4 is 6.29 Å². The summed E-state index contributed by atoms with van der Waals surface area (Å²) in [6.45, 7) is 0. The summed E-state index contributed by atoms with van der Waals surface area (Å²) >= 11 is 0. The molecular weight excluding hydrogens is 253 g/mol. The molecule has 0 aromatic heterocycles. The molecule has 2 aromatic carbocycles. The van der Waals surface area contributed by atoms with Crippen molar-refractivity contribution in [3.05, 3.63) is 71.3 Å². The van der Waals surface area contributed by atoms with E-state index in [1.165, 1.54) is 12.1 Å². The predicted molar refractivity (Wildman–Crippen MR) is 65.8 cm³/mol. The lowest BCUT2D eigenvalue weighted by atomic mass is 9.92. The van der Waals surface area contributed by atoms with Crippen LogP contribution in [0.4, 0.5) is 13.2 Å². The van der Waals surface area contributed by atoms with E-state index in [-0.39, 0.29) is 0 Å². The maximum Gasteiger partial charge on any atom is 0.416 e. The van der Waals surface area contributed by atoms with Crippen LogP contribution in [0.2, 0.25) is 0 Å². The van der Waals surface area contributed by atoms with E-state index in [1.54, 1.807) is 24.3 Å².